The van der Waals surface area contributed by atoms with Crippen molar-refractivity contribution in [3.05, 3.63) is 60.2 Å². The lowest BCUT2D eigenvalue weighted by Gasteiger charge is -1.98. The molecule has 0 aliphatic heterocycles. The van der Waals surface area contributed by atoms with Crippen LogP contribution in [0, 0.1) is 0 Å². The molecule has 0 bridgehead atoms. The third-order valence-corrected chi connectivity index (χ3v) is 2.51. The van der Waals surface area contributed by atoms with Gasteiger partial charge >= 0.3 is 0 Å². The summed E-state index contributed by atoms with van der Waals surface area (Å²) in [6.45, 7) is 2.18. The van der Waals surface area contributed by atoms with E-state index in [4.69, 9.17) is 0 Å². The molecule has 0 aliphatic carbocycles. The summed E-state index contributed by atoms with van der Waals surface area (Å²) in [6, 6.07) is 18.0. The first-order chi connectivity index (χ1) is 8.38. The van der Waals surface area contributed by atoms with Crippen molar-refractivity contribution < 1.29 is 0 Å². The van der Waals surface area contributed by atoms with Crippen LogP contribution in [0.5, 0.6) is 0 Å². The van der Waals surface area contributed by atoms with Crippen LogP contribution in [0.25, 0.3) is 0 Å². The lowest BCUT2D eigenvalue weighted by atomic mass is 10.1. The molecule has 17 heavy (non-hydrogen) atoms. The molecule has 2 aromatic rings. The van der Waals surface area contributed by atoms with E-state index in [1.165, 1.54) is 12.0 Å². The summed E-state index contributed by atoms with van der Waals surface area (Å²) in [5.41, 5.74) is 3.13. The highest BCUT2D eigenvalue weighted by Gasteiger charge is 1.92. The molecule has 0 heterocycles. The Bertz CT molecular complexity index is 472. The summed E-state index contributed by atoms with van der Waals surface area (Å²) in [6.07, 6.45) is 2.29. The minimum Gasteiger partial charge on any atom is -0.151 e. The molecule has 2 aromatic carbocycles. The molecule has 0 radical (unpaired) electrons. The number of hydrogen-bond acceptors (Lipinski definition) is 2. The monoisotopic (exact) mass is 224 g/mol. The fourth-order valence-corrected chi connectivity index (χ4v) is 1.63. The van der Waals surface area contributed by atoms with Gasteiger partial charge in [-0.1, -0.05) is 43.7 Å². The SMILES string of the molecule is CCCc1ccc(N=Nc2ccccc2)cc1. The summed E-state index contributed by atoms with van der Waals surface area (Å²) in [7, 11) is 0. The Morgan fingerprint density at radius 1 is 0.765 bits per heavy atom. The zero-order chi connectivity index (χ0) is 11.9. The van der Waals surface area contributed by atoms with Crippen molar-refractivity contribution in [2.75, 3.05) is 0 Å². The number of azo groups is 1. The van der Waals surface area contributed by atoms with Crippen molar-refractivity contribution in [2.24, 2.45) is 10.2 Å². The number of nitrogens with zero attached hydrogens (tertiary/aromatic N) is 2. The van der Waals surface area contributed by atoms with Crippen LogP contribution in [0.4, 0.5) is 11.4 Å². The summed E-state index contributed by atoms with van der Waals surface area (Å²) in [5.74, 6) is 0. The second-order valence-electron chi connectivity index (χ2n) is 3.95. The maximum Gasteiger partial charge on any atom is 0.0857 e. The molecule has 0 aromatic heterocycles. The van der Waals surface area contributed by atoms with Crippen LogP contribution in [0.3, 0.4) is 0 Å². The predicted molar refractivity (Wildman–Crippen MR) is 71.1 cm³/mol. The van der Waals surface area contributed by atoms with E-state index in [2.05, 4.69) is 29.3 Å². The summed E-state index contributed by atoms with van der Waals surface area (Å²) in [4.78, 5) is 0. The molecule has 0 atom stereocenters. The lowest BCUT2D eigenvalue weighted by molar-refractivity contribution is 0.922. The lowest BCUT2D eigenvalue weighted by Crippen LogP contribution is -1.80. The highest BCUT2D eigenvalue weighted by molar-refractivity contribution is 5.40. The van der Waals surface area contributed by atoms with Gasteiger partial charge in [0.2, 0.25) is 0 Å². The highest BCUT2D eigenvalue weighted by Crippen LogP contribution is 2.18. The molecule has 0 aliphatic rings. The second-order valence-corrected chi connectivity index (χ2v) is 3.95. The van der Waals surface area contributed by atoms with Crippen LogP contribution >= 0.6 is 0 Å². The summed E-state index contributed by atoms with van der Waals surface area (Å²) in [5, 5.41) is 8.38. The minimum atomic E-state index is 0.880. The van der Waals surface area contributed by atoms with Crippen molar-refractivity contribution in [1.82, 2.24) is 0 Å². The van der Waals surface area contributed by atoms with Crippen LogP contribution in [0.2, 0.25) is 0 Å². The molecule has 2 heteroatoms. The quantitative estimate of drug-likeness (QED) is 0.649. The van der Waals surface area contributed by atoms with Crippen LogP contribution in [0.15, 0.2) is 64.8 Å². The van der Waals surface area contributed by atoms with Gasteiger partial charge < -0.3 is 0 Å². The van der Waals surface area contributed by atoms with E-state index in [-0.39, 0.29) is 0 Å². The first kappa shape index (κ1) is 11.5. The van der Waals surface area contributed by atoms with Gasteiger partial charge in [-0.2, -0.15) is 10.2 Å². The van der Waals surface area contributed by atoms with Gasteiger partial charge in [0, 0.05) is 0 Å². The number of hydrogen-bond donors (Lipinski definition) is 0. The zero-order valence-corrected chi connectivity index (χ0v) is 10.0. The molecular formula is C15H16N2. The Balaban J connectivity index is 2.06. The maximum absolute atomic E-state index is 4.20. The third kappa shape index (κ3) is 3.52. The van der Waals surface area contributed by atoms with E-state index >= 15 is 0 Å². The molecule has 2 nitrogen and oxygen atoms in total. The molecule has 0 fully saturated rings. The van der Waals surface area contributed by atoms with Gasteiger partial charge in [-0.15, -0.1) is 0 Å². The Labute approximate surface area is 102 Å². The van der Waals surface area contributed by atoms with E-state index in [1.54, 1.807) is 0 Å². The Morgan fingerprint density at radius 2 is 1.35 bits per heavy atom. The Morgan fingerprint density at radius 3 is 1.94 bits per heavy atom. The topological polar surface area (TPSA) is 24.7 Å². The first-order valence-corrected chi connectivity index (χ1v) is 5.94. The fraction of sp³-hybridized carbons (Fsp3) is 0.200. The van der Waals surface area contributed by atoms with Gasteiger partial charge in [-0.3, -0.25) is 0 Å². The predicted octanol–water partition coefficient (Wildman–Crippen LogP) is 5.05. The van der Waals surface area contributed by atoms with E-state index in [0.29, 0.717) is 0 Å². The average Bonchev–Trinajstić information content (AvgIpc) is 2.40. The van der Waals surface area contributed by atoms with Crippen LogP contribution in [-0.4, -0.2) is 0 Å². The van der Waals surface area contributed by atoms with Crippen LogP contribution < -0.4 is 0 Å². The van der Waals surface area contributed by atoms with E-state index in [9.17, 15) is 0 Å². The van der Waals surface area contributed by atoms with E-state index in [0.717, 1.165) is 17.8 Å². The van der Waals surface area contributed by atoms with Gasteiger partial charge in [0.05, 0.1) is 11.4 Å². The average molecular weight is 224 g/mol. The highest BCUT2D eigenvalue weighted by atomic mass is 15.1. The molecule has 0 amide bonds. The first-order valence-electron chi connectivity index (χ1n) is 5.94. The van der Waals surface area contributed by atoms with Crippen molar-refractivity contribution in [2.45, 2.75) is 19.8 Å². The normalized spacial score (nSPS) is 10.9. The fourth-order valence-electron chi connectivity index (χ4n) is 1.63. The summed E-state index contributed by atoms with van der Waals surface area (Å²) < 4.78 is 0. The second kappa shape index (κ2) is 5.94. The molecular weight excluding hydrogens is 208 g/mol. The number of aryl methyl sites for hydroxylation is 1. The van der Waals surface area contributed by atoms with Crippen molar-refractivity contribution in [3.63, 3.8) is 0 Å². The molecule has 86 valence electrons. The van der Waals surface area contributed by atoms with Crippen LogP contribution in [-0.2, 0) is 6.42 Å². The Kier molecular flexibility index (Phi) is 4.03. The van der Waals surface area contributed by atoms with Crippen LogP contribution in [0.1, 0.15) is 18.9 Å². The Hall–Kier alpha value is -1.96. The molecule has 0 saturated heterocycles. The molecule has 0 saturated carbocycles. The summed E-state index contributed by atoms with van der Waals surface area (Å²) >= 11 is 0. The molecule has 0 unspecified atom stereocenters. The van der Waals surface area contributed by atoms with Crippen molar-refractivity contribution in [3.8, 4) is 0 Å². The minimum absolute atomic E-state index is 0.880. The zero-order valence-electron chi connectivity index (χ0n) is 10.0. The standard InChI is InChI=1S/C15H16N2/c1-2-6-13-9-11-15(12-10-13)17-16-14-7-4-3-5-8-14/h3-5,7-12H,2,6H2,1H3. The largest absolute Gasteiger partial charge is 0.151 e. The van der Waals surface area contributed by atoms with Gasteiger partial charge in [-0.25, -0.2) is 0 Å². The van der Waals surface area contributed by atoms with E-state index < -0.39 is 0 Å². The van der Waals surface area contributed by atoms with Crippen molar-refractivity contribution in [1.29, 1.82) is 0 Å². The third-order valence-electron chi connectivity index (χ3n) is 2.51. The number of rotatable bonds is 4. The van der Waals surface area contributed by atoms with Gasteiger partial charge in [-0.05, 0) is 36.2 Å². The van der Waals surface area contributed by atoms with Gasteiger partial charge in [0.15, 0.2) is 0 Å². The molecule has 0 N–H and O–H groups in total. The maximum atomic E-state index is 4.20. The van der Waals surface area contributed by atoms with E-state index in [1.807, 2.05) is 42.5 Å². The van der Waals surface area contributed by atoms with Gasteiger partial charge in [0.1, 0.15) is 0 Å². The smallest absolute Gasteiger partial charge is 0.0857 e. The molecule has 2 rings (SSSR count). The van der Waals surface area contributed by atoms with Crippen molar-refractivity contribution >= 4 is 11.4 Å². The van der Waals surface area contributed by atoms with Gasteiger partial charge in [0.25, 0.3) is 0 Å². The number of benzene rings is 2. The molecule has 0 spiro atoms.